The average molecular weight is 534 g/mol. The van der Waals surface area contributed by atoms with Gasteiger partial charge in [0.25, 0.3) is 0 Å². The lowest BCUT2D eigenvalue weighted by Crippen LogP contribution is -2.48. The number of ether oxygens (including phenoxy) is 1. The number of esters is 1. The number of hydrogen-bond donors (Lipinski definition) is 2. The third-order valence-corrected chi connectivity index (χ3v) is 7.19. The second-order valence-electron chi connectivity index (χ2n) is 8.12. The highest BCUT2D eigenvalue weighted by atomic mass is 79.9. The first-order chi connectivity index (χ1) is 16.0. The van der Waals surface area contributed by atoms with Crippen molar-refractivity contribution in [3.05, 3.63) is 28.1 Å². The van der Waals surface area contributed by atoms with Gasteiger partial charge in [0.15, 0.2) is 10.8 Å². The van der Waals surface area contributed by atoms with Crippen LogP contribution in [-0.2, 0) is 14.3 Å². The number of piperazine rings is 1. The number of imidazole rings is 1. The summed E-state index contributed by atoms with van der Waals surface area (Å²) in [6.45, 7) is 5.58. The summed E-state index contributed by atoms with van der Waals surface area (Å²) >= 11 is 5.05. The molecule has 1 saturated heterocycles. The van der Waals surface area contributed by atoms with Crippen molar-refractivity contribution in [3.8, 4) is 0 Å². The second kappa shape index (κ2) is 9.35. The molecular formula is C21H24BrN7O3S. The summed E-state index contributed by atoms with van der Waals surface area (Å²) in [4.78, 5) is 45.4. The van der Waals surface area contributed by atoms with Crippen molar-refractivity contribution < 1.29 is 14.3 Å². The summed E-state index contributed by atoms with van der Waals surface area (Å²) < 4.78 is 6.02. The first kappa shape index (κ1) is 22.2. The number of anilines is 2. The van der Waals surface area contributed by atoms with Gasteiger partial charge >= 0.3 is 5.97 Å². The Morgan fingerprint density at radius 1 is 1.30 bits per heavy atom. The number of nitrogens with zero attached hydrogens (tertiary/aromatic N) is 5. The van der Waals surface area contributed by atoms with E-state index in [0.29, 0.717) is 23.9 Å². The number of carbonyl (C=O) groups is 2. The third kappa shape index (κ3) is 4.73. The minimum atomic E-state index is -0.160. The molecule has 1 amide bonds. The summed E-state index contributed by atoms with van der Waals surface area (Å²) in [5, 5.41) is 5.29. The van der Waals surface area contributed by atoms with Gasteiger partial charge in [0.2, 0.25) is 5.91 Å². The summed E-state index contributed by atoms with van der Waals surface area (Å²) in [6, 6.07) is 0. The van der Waals surface area contributed by atoms with Crippen LogP contribution in [0.25, 0.3) is 11.2 Å². The lowest BCUT2D eigenvalue weighted by molar-refractivity contribution is -0.144. The van der Waals surface area contributed by atoms with Gasteiger partial charge < -0.3 is 19.9 Å². The van der Waals surface area contributed by atoms with Crippen molar-refractivity contribution in [3.63, 3.8) is 0 Å². The zero-order valence-electron chi connectivity index (χ0n) is 18.1. The average Bonchev–Trinajstić information content (AvgIpc) is 3.22. The third-order valence-electron chi connectivity index (χ3n) is 5.93. The van der Waals surface area contributed by atoms with Crippen molar-refractivity contribution in [2.75, 3.05) is 49.5 Å². The molecule has 3 aromatic rings. The minimum Gasteiger partial charge on any atom is -0.466 e. The van der Waals surface area contributed by atoms with Crippen molar-refractivity contribution >= 4 is 61.1 Å². The molecule has 1 aliphatic carbocycles. The Hall–Kier alpha value is -2.57. The molecule has 174 valence electrons. The summed E-state index contributed by atoms with van der Waals surface area (Å²) in [7, 11) is 0. The number of H-pyrrole nitrogens is 1. The van der Waals surface area contributed by atoms with Gasteiger partial charge in [0.05, 0.1) is 29.2 Å². The standard InChI is InChI=1S/C21H24BrN7O3S/c1-2-32-20(31)13-9-12(13)18-26-16-17(14(22)10-24-19(16)27-18)29-6-4-28(5-7-29)11-15(30)25-21-23-3-8-33-21/h3,8,10,12-13H,2,4-7,9,11H2,1H3,(H,23,25,30)(H,24,26,27). The van der Waals surface area contributed by atoms with Gasteiger partial charge in [-0.1, -0.05) is 0 Å². The van der Waals surface area contributed by atoms with Crippen LogP contribution in [0.15, 0.2) is 22.2 Å². The number of hydrogen-bond acceptors (Lipinski definition) is 9. The molecule has 2 atom stereocenters. The number of thiazole rings is 1. The van der Waals surface area contributed by atoms with Gasteiger partial charge in [-0.3, -0.25) is 14.5 Å². The molecular weight excluding hydrogens is 510 g/mol. The molecule has 0 aromatic carbocycles. The lowest BCUT2D eigenvalue weighted by Gasteiger charge is -2.36. The molecule has 3 aromatic heterocycles. The molecule has 2 unspecified atom stereocenters. The Labute approximate surface area is 202 Å². The van der Waals surface area contributed by atoms with E-state index in [2.05, 4.69) is 46.0 Å². The molecule has 5 rings (SSSR count). The molecule has 1 aliphatic heterocycles. The molecule has 33 heavy (non-hydrogen) atoms. The Balaban J connectivity index is 1.25. The minimum absolute atomic E-state index is 0.0524. The fraction of sp³-hybridized carbons (Fsp3) is 0.476. The largest absolute Gasteiger partial charge is 0.466 e. The molecule has 2 N–H and O–H groups in total. The predicted molar refractivity (Wildman–Crippen MR) is 128 cm³/mol. The van der Waals surface area contributed by atoms with Gasteiger partial charge in [-0.05, 0) is 29.3 Å². The highest BCUT2D eigenvalue weighted by Crippen LogP contribution is 2.48. The van der Waals surface area contributed by atoms with Gasteiger partial charge in [-0.25, -0.2) is 15.0 Å². The molecule has 0 spiro atoms. The molecule has 2 fully saturated rings. The topological polar surface area (TPSA) is 116 Å². The number of carbonyl (C=O) groups excluding carboxylic acids is 2. The van der Waals surface area contributed by atoms with Crippen LogP contribution in [0.2, 0.25) is 0 Å². The molecule has 1 saturated carbocycles. The molecule has 0 bridgehead atoms. The van der Waals surface area contributed by atoms with E-state index in [1.54, 1.807) is 12.4 Å². The fourth-order valence-corrected chi connectivity index (χ4v) is 5.28. The van der Waals surface area contributed by atoms with Gasteiger partial charge in [0.1, 0.15) is 11.3 Å². The Morgan fingerprint density at radius 3 is 2.85 bits per heavy atom. The maximum atomic E-state index is 12.3. The highest BCUT2D eigenvalue weighted by molar-refractivity contribution is 9.10. The second-order valence-corrected chi connectivity index (χ2v) is 9.87. The van der Waals surface area contributed by atoms with Crippen LogP contribution in [0.1, 0.15) is 25.1 Å². The number of halogens is 1. The van der Waals surface area contributed by atoms with Crippen molar-refractivity contribution in [1.82, 2.24) is 24.8 Å². The quantitative estimate of drug-likeness (QED) is 0.445. The van der Waals surface area contributed by atoms with E-state index in [1.165, 1.54) is 11.3 Å². The van der Waals surface area contributed by atoms with E-state index in [0.717, 1.165) is 54.1 Å². The number of aromatic amines is 1. The number of aromatic nitrogens is 4. The van der Waals surface area contributed by atoms with Gasteiger partial charge in [-0.15, -0.1) is 11.3 Å². The lowest BCUT2D eigenvalue weighted by atomic mass is 10.2. The normalized spacial score (nSPS) is 20.7. The van der Waals surface area contributed by atoms with Crippen molar-refractivity contribution in [2.24, 2.45) is 5.92 Å². The van der Waals surface area contributed by atoms with E-state index in [4.69, 9.17) is 9.72 Å². The molecule has 12 heteroatoms. The molecule has 0 radical (unpaired) electrons. The van der Waals surface area contributed by atoms with Crippen LogP contribution in [-0.4, -0.2) is 76.0 Å². The first-order valence-electron chi connectivity index (χ1n) is 10.9. The van der Waals surface area contributed by atoms with E-state index in [1.807, 2.05) is 12.3 Å². The Kier molecular flexibility index (Phi) is 6.30. The number of fused-ring (bicyclic) bond motifs is 1. The zero-order valence-corrected chi connectivity index (χ0v) is 20.5. The monoisotopic (exact) mass is 533 g/mol. The zero-order chi connectivity index (χ0) is 22.9. The number of amides is 1. The summed E-state index contributed by atoms with van der Waals surface area (Å²) in [5.41, 5.74) is 2.49. The first-order valence-corrected chi connectivity index (χ1v) is 12.6. The number of pyridine rings is 1. The maximum absolute atomic E-state index is 12.3. The number of nitrogens with one attached hydrogen (secondary N) is 2. The van der Waals surface area contributed by atoms with Gasteiger partial charge in [-0.2, -0.15) is 0 Å². The molecule has 10 nitrogen and oxygen atoms in total. The van der Waals surface area contributed by atoms with E-state index in [-0.39, 0.29) is 23.7 Å². The van der Waals surface area contributed by atoms with Crippen molar-refractivity contribution in [1.29, 1.82) is 0 Å². The molecule has 4 heterocycles. The smallest absolute Gasteiger partial charge is 0.309 e. The van der Waals surface area contributed by atoms with E-state index < -0.39 is 0 Å². The van der Waals surface area contributed by atoms with Crippen LogP contribution in [0.4, 0.5) is 10.8 Å². The van der Waals surface area contributed by atoms with Gasteiger partial charge in [0, 0.05) is 49.9 Å². The fourth-order valence-electron chi connectivity index (χ4n) is 4.20. The number of rotatable bonds is 7. The summed E-state index contributed by atoms with van der Waals surface area (Å²) in [6.07, 6.45) is 4.20. The van der Waals surface area contributed by atoms with Crippen LogP contribution in [0, 0.1) is 5.92 Å². The highest BCUT2D eigenvalue weighted by Gasteiger charge is 2.47. The Morgan fingerprint density at radius 2 is 2.12 bits per heavy atom. The van der Waals surface area contributed by atoms with Crippen molar-refractivity contribution in [2.45, 2.75) is 19.3 Å². The SMILES string of the molecule is CCOC(=O)C1CC1c1nc2c(N3CCN(CC(=O)Nc4nccs4)CC3)c(Br)cnc2[nH]1. The van der Waals surface area contributed by atoms with Crippen LogP contribution >= 0.6 is 27.3 Å². The van der Waals surface area contributed by atoms with Crippen LogP contribution in [0.5, 0.6) is 0 Å². The van der Waals surface area contributed by atoms with Crippen LogP contribution < -0.4 is 10.2 Å². The summed E-state index contributed by atoms with van der Waals surface area (Å²) in [5.74, 6) is 0.498. The van der Waals surface area contributed by atoms with Crippen LogP contribution in [0.3, 0.4) is 0 Å². The Bertz CT molecular complexity index is 1160. The van der Waals surface area contributed by atoms with E-state index >= 15 is 0 Å². The molecule has 2 aliphatic rings. The predicted octanol–water partition coefficient (Wildman–Crippen LogP) is 2.60. The maximum Gasteiger partial charge on any atom is 0.309 e. The van der Waals surface area contributed by atoms with E-state index in [9.17, 15) is 9.59 Å².